The number of nitrogens with one attached hydrogen (secondary N) is 1. The van der Waals surface area contributed by atoms with Crippen molar-refractivity contribution in [3.8, 4) is 11.5 Å². The third-order valence-electron chi connectivity index (χ3n) is 5.12. The predicted octanol–water partition coefficient (Wildman–Crippen LogP) is 1.94. The van der Waals surface area contributed by atoms with E-state index in [4.69, 9.17) is 14.2 Å². The summed E-state index contributed by atoms with van der Waals surface area (Å²) in [4.78, 5) is 0.148. The number of ether oxygens (including phenoxy) is 3. The molecule has 1 aromatic rings. The fraction of sp³-hybridized carbons (Fsp3) is 0.625. The molecule has 0 amide bonds. The second-order valence-corrected chi connectivity index (χ2v) is 7.89. The monoisotopic (exact) mass is 341 g/mol. The Labute approximate surface area is 137 Å². The average molecular weight is 341 g/mol. The van der Waals surface area contributed by atoms with Crippen LogP contribution < -0.4 is 14.2 Å². The van der Waals surface area contributed by atoms with E-state index in [1.807, 2.05) is 0 Å². The maximum absolute atomic E-state index is 12.8. The molecule has 3 rings (SSSR count). The standard InChI is InChI=1S/C16H23NO5S/c1-20-12-3-4-14(13(11-12)21-2)23(18,19)17-15-5-6-16(15)7-9-22-10-8-16/h3-4,11,15,17H,5-10H2,1-2H3. The third-order valence-corrected chi connectivity index (χ3v) is 6.63. The van der Waals surface area contributed by atoms with Gasteiger partial charge >= 0.3 is 0 Å². The van der Waals surface area contributed by atoms with Crippen LogP contribution in [0.1, 0.15) is 25.7 Å². The normalized spacial score (nSPS) is 23.3. The third kappa shape index (κ3) is 3.05. The molecule has 2 fully saturated rings. The largest absolute Gasteiger partial charge is 0.497 e. The van der Waals surface area contributed by atoms with E-state index in [1.165, 1.54) is 20.3 Å². The molecule has 1 unspecified atom stereocenters. The number of hydrogen-bond donors (Lipinski definition) is 1. The summed E-state index contributed by atoms with van der Waals surface area (Å²) < 4.78 is 44.2. The molecule has 0 bridgehead atoms. The van der Waals surface area contributed by atoms with Gasteiger partial charge in [-0.25, -0.2) is 13.1 Å². The molecule has 1 heterocycles. The van der Waals surface area contributed by atoms with Gasteiger partial charge in [0.2, 0.25) is 10.0 Å². The summed E-state index contributed by atoms with van der Waals surface area (Å²) in [7, 11) is -0.647. The van der Waals surface area contributed by atoms with Gasteiger partial charge in [-0.2, -0.15) is 0 Å². The summed E-state index contributed by atoms with van der Waals surface area (Å²) in [5, 5.41) is 0. The first-order valence-electron chi connectivity index (χ1n) is 7.83. The van der Waals surface area contributed by atoms with Crippen LogP contribution in [0, 0.1) is 5.41 Å². The van der Waals surface area contributed by atoms with Crippen LogP contribution in [0.25, 0.3) is 0 Å². The molecule has 1 atom stereocenters. The molecule has 1 saturated heterocycles. The van der Waals surface area contributed by atoms with Crippen molar-refractivity contribution in [3.05, 3.63) is 18.2 Å². The van der Waals surface area contributed by atoms with Crippen molar-refractivity contribution in [2.75, 3.05) is 27.4 Å². The van der Waals surface area contributed by atoms with Crippen LogP contribution in [0.15, 0.2) is 23.1 Å². The summed E-state index contributed by atoms with van der Waals surface area (Å²) in [6.07, 6.45) is 3.76. The van der Waals surface area contributed by atoms with Crippen molar-refractivity contribution in [2.24, 2.45) is 5.41 Å². The molecule has 7 heteroatoms. The lowest BCUT2D eigenvalue weighted by atomic mass is 9.60. The van der Waals surface area contributed by atoms with Crippen LogP contribution in [0.2, 0.25) is 0 Å². The van der Waals surface area contributed by atoms with Gasteiger partial charge < -0.3 is 14.2 Å². The highest BCUT2D eigenvalue weighted by atomic mass is 32.2. The molecule has 0 aromatic heterocycles. The molecule has 0 radical (unpaired) electrons. The minimum atomic E-state index is -3.63. The molecule has 23 heavy (non-hydrogen) atoms. The van der Waals surface area contributed by atoms with Crippen molar-refractivity contribution in [1.29, 1.82) is 0 Å². The van der Waals surface area contributed by atoms with Gasteiger partial charge in [0.25, 0.3) is 0 Å². The van der Waals surface area contributed by atoms with Crippen molar-refractivity contribution in [1.82, 2.24) is 4.72 Å². The first-order valence-corrected chi connectivity index (χ1v) is 9.31. The van der Waals surface area contributed by atoms with Crippen LogP contribution in [0.3, 0.4) is 0 Å². The summed E-state index contributed by atoms with van der Waals surface area (Å²) in [6.45, 7) is 1.42. The smallest absolute Gasteiger partial charge is 0.244 e. The lowest BCUT2D eigenvalue weighted by Gasteiger charge is -2.51. The van der Waals surface area contributed by atoms with Gasteiger partial charge in [0.15, 0.2) is 0 Å². The van der Waals surface area contributed by atoms with Crippen molar-refractivity contribution < 1.29 is 22.6 Å². The Balaban J connectivity index is 1.82. The first kappa shape index (κ1) is 16.5. The lowest BCUT2D eigenvalue weighted by molar-refractivity contribution is -0.0483. The van der Waals surface area contributed by atoms with Crippen molar-refractivity contribution >= 4 is 10.0 Å². The van der Waals surface area contributed by atoms with E-state index in [0.717, 1.165) is 25.7 Å². The number of rotatable bonds is 5. The minimum Gasteiger partial charge on any atom is -0.497 e. The van der Waals surface area contributed by atoms with Gasteiger partial charge in [-0.05, 0) is 43.2 Å². The zero-order valence-corrected chi connectivity index (χ0v) is 14.3. The topological polar surface area (TPSA) is 73.9 Å². The molecule has 1 saturated carbocycles. The molecule has 2 aliphatic rings. The molecular weight excluding hydrogens is 318 g/mol. The Morgan fingerprint density at radius 2 is 1.91 bits per heavy atom. The van der Waals surface area contributed by atoms with Gasteiger partial charge in [-0.1, -0.05) is 0 Å². The molecular formula is C16H23NO5S. The SMILES string of the molecule is COc1ccc(S(=O)(=O)NC2CCC23CCOCC3)c(OC)c1. The van der Waals surface area contributed by atoms with Gasteiger partial charge in [0, 0.05) is 25.3 Å². The predicted molar refractivity (Wildman–Crippen MR) is 85.4 cm³/mol. The van der Waals surface area contributed by atoms with Crippen LogP contribution in [0.5, 0.6) is 11.5 Å². The quantitative estimate of drug-likeness (QED) is 0.886. The van der Waals surface area contributed by atoms with E-state index in [-0.39, 0.29) is 22.1 Å². The fourth-order valence-electron chi connectivity index (χ4n) is 3.50. The Bertz CT molecular complexity index is 667. The van der Waals surface area contributed by atoms with Crippen LogP contribution in [0.4, 0.5) is 0 Å². The Morgan fingerprint density at radius 3 is 2.48 bits per heavy atom. The highest BCUT2D eigenvalue weighted by Gasteiger charge is 2.49. The maximum atomic E-state index is 12.8. The summed E-state index contributed by atoms with van der Waals surface area (Å²) >= 11 is 0. The average Bonchev–Trinajstić information content (AvgIpc) is 2.59. The van der Waals surface area contributed by atoms with E-state index in [9.17, 15) is 8.42 Å². The number of hydrogen-bond acceptors (Lipinski definition) is 5. The summed E-state index contributed by atoms with van der Waals surface area (Å²) in [6, 6.07) is 4.71. The van der Waals surface area contributed by atoms with E-state index in [1.54, 1.807) is 12.1 Å². The Hall–Kier alpha value is -1.31. The minimum absolute atomic E-state index is 0.0248. The van der Waals surface area contributed by atoms with Crippen molar-refractivity contribution in [3.63, 3.8) is 0 Å². The number of sulfonamides is 1. The number of methoxy groups -OCH3 is 2. The maximum Gasteiger partial charge on any atom is 0.244 e. The molecule has 1 aromatic carbocycles. The molecule has 128 valence electrons. The highest BCUT2D eigenvalue weighted by Crippen LogP contribution is 2.49. The van der Waals surface area contributed by atoms with Gasteiger partial charge in [-0.3, -0.25) is 0 Å². The second-order valence-electron chi connectivity index (χ2n) is 6.20. The van der Waals surface area contributed by atoms with Gasteiger partial charge in [-0.15, -0.1) is 0 Å². The Morgan fingerprint density at radius 1 is 1.17 bits per heavy atom. The molecule has 1 spiro atoms. The fourth-order valence-corrected chi connectivity index (χ4v) is 5.03. The van der Waals surface area contributed by atoms with Crippen LogP contribution >= 0.6 is 0 Å². The van der Waals surface area contributed by atoms with Gasteiger partial charge in [0.1, 0.15) is 16.4 Å². The molecule has 6 nitrogen and oxygen atoms in total. The van der Waals surface area contributed by atoms with Crippen molar-refractivity contribution in [2.45, 2.75) is 36.6 Å². The Kier molecular flexibility index (Phi) is 4.53. The van der Waals surface area contributed by atoms with E-state index < -0.39 is 10.0 Å². The first-order chi connectivity index (χ1) is 11.0. The highest BCUT2D eigenvalue weighted by molar-refractivity contribution is 7.89. The lowest BCUT2D eigenvalue weighted by Crippen LogP contribution is -2.57. The molecule has 1 aliphatic heterocycles. The van der Waals surface area contributed by atoms with E-state index in [0.29, 0.717) is 19.0 Å². The summed E-state index contributed by atoms with van der Waals surface area (Å²) in [5.74, 6) is 0.850. The zero-order chi connectivity index (χ0) is 16.5. The zero-order valence-electron chi connectivity index (χ0n) is 13.5. The summed E-state index contributed by atoms with van der Waals surface area (Å²) in [5.41, 5.74) is 0.0605. The van der Waals surface area contributed by atoms with E-state index >= 15 is 0 Å². The molecule has 1 aliphatic carbocycles. The van der Waals surface area contributed by atoms with Crippen LogP contribution in [-0.2, 0) is 14.8 Å². The van der Waals surface area contributed by atoms with E-state index in [2.05, 4.69) is 4.72 Å². The second kappa shape index (κ2) is 6.30. The number of benzene rings is 1. The molecule has 1 N–H and O–H groups in total. The van der Waals surface area contributed by atoms with Crippen LogP contribution in [-0.4, -0.2) is 41.9 Å². The van der Waals surface area contributed by atoms with Gasteiger partial charge in [0.05, 0.1) is 14.2 Å².